The summed E-state index contributed by atoms with van der Waals surface area (Å²) in [5.74, 6) is 1.08. The number of ether oxygens (including phenoxy) is 1. The second kappa shape index (κ2) is 6.46. The van der Waals surface area contributed by atoms with Gasteiger partial charge in [-0.2, -0.15) is 5.10 Å². The summed E-state index contributed by atoms with van der Waals surface area (Å²) in [6.45, 7) is 5.30. The Bertz CT molecular complexity index is 749. The van der Waals surface area contributed by atoms with E-state index in [2.05, 4.69) is 20.0 Å². The topological polar surface area (TPSA) is 99.2 Å². The van der Waals surface area contributed by atoms with Gasteiger partial charge in [-0.15, -0.1) is 0 Å². The maximum atomic E-state index is 11.7. The van der Waals surface area contributed by atoms with Gasteiger partial charge in [0, 0.05) is 18.8 Å². The molecule has 2 aromatic rings. The first-order valence-electron chi connectivity index (χ1n) is 7.98. The molecule has 24 heavy (non-hydrogen) atoms. The van der Waals surface area contributed by atoms with Gasteiger partial charge < -0.3 is 15.4 Å². The summed E-state index contributed by atoms with van der Waals surface area (Å²) in [4.78, 5) is 22.4. The number of hydrogen-bond donors (Lipinski definition) is 1. The minimum Gasteiger partial charge on any atom is -0.469 e. The number of carbonyl (C=O) groups is 1. The van der Waals surface area contributed by atoms with Crippen LogP contribution < -0.4 is 10.6 Å². The van der Waals surface area contributed by atoms with Crippen LogP contribution in [0.5, 0.6) is 0 Å². The summed E-state index contributed by atoms with van der Waals surface area (Å²) in [6, 6.07) is 1.98. The van der Waals surface area contributed by atoms with E-state index in [1.54, 1.807) is 4.68 Å². The van der Waals surface area contributed by atoms with Crippen molar-refractivity contribution < 1.29 is 9.53 Å². The Labute approximate surface area is 140 Å². The molecule has 0 amide bonds. The van der Waals surface area contributed by atoms with Gasteiger partial charge in [0.2, 0.25) is 0 Å². The minimum atomic E-state index is -0.145. The molecule has 1 fully saturated rings. The molecule has 0 atom stereocenters. The zero-order chi connectivity index (χ0) is 17.3. The van der Waals surface area contributed by atoms with Gasteiger partial charge in [-0.3, -0.25) is 4.79 Å². The second-order valence-electron chi connectivity index (χ2n) is 6.06. The highest BCUT2D eigenvalue weighted by atomic mass is 16.5. The van der Waals surface area contributed by atoms with Gasteiger partial charge >= 0.3 is 5.97 Å². The first-order chi connectivity index (χ1) is 11.5. The zero-order valence-electron chi connectivity index (χ0n) is 14.2. The fourth-order valence-corrected chi connectivity index (χ4v) is 3.14. The van der Waals surface area contributed by atoms with E-state index in [0.717, 1.165) is 24.2 Å². The first kappa shape index (κ1) is 16.2. The average Bonchev–Trinajstić information content (AvgIpc) is 2.93. The molecule has 0 saturated carbocycles. The Morgan fingerprint density at radius 3 is 2.50 bits per heavy atom. The van der Waals surface area contributed by atoms with Crippen molar-refractivity contribution in [3.63, 3.8) is 0 Å². The SMILES string of the molecule is COC(=O)C1CCN(c2ncnc(-n3nc(C)cc3C)c2N)CC1. The highest BCUT2D eigenvalue weighted by Gasteiger charge is 2.28. The van der Waals surface area contributed by atoms with Gasteiger partial charge in [-0.05, 0) is 32.8 Å². The van der Waals surface area contributed by atoms with E-state index < -0.39 is 0 Å². The number of nitrogens with zero attached hydrogens (tertiary/aromatic N) is 5. The van der Waals surface area contributed by atoms with Crippen LogP contribution in [-0.2, 0) is 9.53 Å². The van der Waals surface area contributed by atoms with Crippen LogP contribution in [0.15, 0.2) is 12.4 Å². The number of piperidine rings is 1. The fraction of sp³-hybridized carbons (Fsp3) is 0.500. The lowest BCUT2D eigenvalue weighted by atomic mass is 9.97. The van der Waals surface area contributed by atoms with Gasteiger partial charge in [0.1, 0.15) is 12.0 Å². The number of carbonyl (C=O) groups excluding carboxylic acids is 1. The van der Waals surface area contributed by atoms with Gasteiger partial charge in [-0.1, -0.05) is 0 Å². The third-order valence-electron chi connectivity index (χ3n) is 4.38. The molecule has 0 unspecified atom stereocenters. The van der Waals surface area contributed by atoms with Crippen molar-refractivity contribution in [1.82, 2.24) is 19.7 Å². The molecule has 3 rings (SSSR count). The molecule has 0 spiro atoms. The van der Waals surface area contributed by atoms with Crippen LogP contribution in [0.1, 0.15) is 24.2 Å². The zero-order valence-corrected chi connectivity index (χ0v) is 14.2. The van der Waals surface area contributed by atoms with Crippen molar-refractivity contribution in [3.8, 4) is 5.82 Å². The lowest BCUT2D eigenvalue weighted by Gasteiger charge is -2.32. The molecule has 1 saturated heterocycles. The molecular formula is C16H22N6O2. The van der Waals surface area contributed by atoms with Crippen molar-refractivity contribution in [2.24, 2.45) is 5.92 Å². The summed E-state index contributed by atoms with van der Waals surface area (Å²) >= 11 is 0. The number of aryl methyl sites for hydroxylation is 2. The Balaban J connectivity index is 1.84. The van der Waals surface area contributed by atoms with Crippen LogP contribution in [0.25, 0.3) is 5.82 Å². The third kappa shape index (κ3) is 2.91. The van der Waals surface area contributed by atoms with Crippen LogP contribution in [0.3, 0.4) is 0 Å². The van der Waals surface area contributed by atoms with E-state index in [1.807, 2.05) is 19.9 Å². The summed E-state index contributed by atoms with van der Waals surface area (Å²) in [5.41, 5.74) is 8.70. The Morgan fingerprint density at radius 1 is 1.25 bits per heavy atom. The number of anilines is 2. The fourth-order valence-electron chi connectivity index (χ4n) is 3.14. The largest absolute Gasteiger partial charge is 0.469 e. The molecule has 128 valence electrons. The first-order valence-corrected chi connectivity index (χ1v) is 7.98. The van der Waals surface area contributed by atoms with E-state index >= 15 is 0 Å². The van der Waals surface area contributed by atoms with Crippen LogP contribution in [0.4, 0.5) is 11.5 Å². The standard InChI is InChI=1S/C16H22N6O2/c1-10-8-11(2)22(20-10)15-13(17)14(18-9-19-15)21-6-4-12(5-7-21)16(23)24-3/h8-9,12H,4-7,17H2,1-3H3. The van der Waals surface area contributed by atoms with Crippen LogP contribution >= 0.6 is 0 Å². The molecular weight excluding hydrogens is 308 g/mol. The van der Waals surface area contributed by atoms with Gasteiger partial charge in [0.25, 0.3) is 0 Å². The smallest absolute Gasteiger partial charge is 0.308 e. The van der Waals surface area contributed by atoms with E-state index in [9.17, 15) is 4.79 Å². The summed E-state index contributed by atoms with van der Waals surface area (Å²) < 4.78 is 6.56. The number of hydrogen-bond acceptors (Lipinski definition) is 7. The van der Waals surface area contributed by atoms with E-state index in [4.69, 9.17) is 10.5 Å². The van der Waals surface area contributed by atoms with Crippen LogP contribution in [-0.4, -0.2) is 45.9 Å². The molecule has 1 aliphatic rings. The molecule has 8 heteroatoms. The Kier molecular flexibility index (Phi) is 4.37. The highest BCUT2D eigenvalue weighted by Crippen LogP contribution is 2.29. The predicted octanol–water partition coefficient (Wildman–Crippen LogP) is 1.25. The molecule has 2 N–H and O–H groups in total. The van der Waals surface area contributed by atoms with E-state index in [-0.39, 0.29) is 11.9 Å². The van der Waals surface area contributed by atoms with Crippen LogP contribution in [0.2, 0.25) is 0 Å². The quantitative estimate of drug-likeness (QED) is 0.845. The van der Waals surface area contributed by atoms with Crippen molar-refractivity contribution in [1.29, 1.82) is 0 Å². The lowest BCUT2D eigenvalue weighted by molar-refractivity contribution is -0.146. The minimum absolute atomic E-state index is 0.0511. The molecule has 0 radical (unpaired) electrons. The number of aromatic nitrogens is 4. The molecule has 0 bridgehead atoms. The van der Waals surface area contributed by atoms with E-state index in [0.29, 0.717) is 30.4 Å². The Morgan fingerprint density at radius 2 is 1.92 bits per heavy atom. The Hall–Kier alpha value is -2.64. The number of nitrogens with two attached hydrogens (primary N) is 1. The maximum Gasteiger partial charge on any atom is 0.308 e. The van der Waals surface area contributed by atoms with E-state index in [1.165, 1.54) is 13.4 Å². The molecule has 0 aliphatic carbocycles. The predicted molar refractivity (Wildman–Crippen MR) is 90.0 cm³/mol. The van der Waals surface area contributed by atoms with Crippen molar-refractivity contribution >= 4 is 17.5 Å². The number of methoxy groups -OCH3 is 1. The average molecular weight is 330 g/mol. The monoisotopic (exact) mass is 330 g/mol. The van der Waals surface area contributed by atoms with Crippen molar-refractivity contribution in [3.05, 3.63) is 23.8 Å². The summed E-state index contributed by atoms with van der Waals surface area (Å²) in [6.07, 6.45) is 2.96. The molecule has 3 heterocycles. The normalized spacial score (nSPS) is 15.5. The highest BCUT2D eigenvalue weighted by molar-refractivity contribution is 5.74. The molecule has 1 aliphatic heterocycles. The summed E-state index contributed by atoms with van der Waals surface area (Å²) in [7, 11) is 1.43. The van der Waals surface area contributed by atoms with Gasteiger partial charge in [0.05, 0.1) is 18.7 Å². The van der Waals surface area contributed by atoms with Crippen molar-refractivity contribution in [2.45, 2.75) is 26.7 Å². The molecule has 8 nitrogen and oxygen atoms in total. The molecule has 2 aromatic heterocycles. The van der Waals surface area contributed by atoms with Gasteiger partial charge in [-0.25, -0.2) is 14.6 Å². The third-order valence-corrected chi connectivity index (χ3v) is 4.38. The number of nitrogen functional groups attached to an aromatic ring is 1. The maximum absolute atomic E-state index is 11.7. The van der Waals surface area contributed by atoms with Crippen molar-refractivity contribution in [2.75, 3.05) is 30.8 Å². The van der Waals surface area contributed by atoms with Gasteiger partial charge in [0.15, 0.2) is 11.6 Å². The summed E-state index contributed by atoms with van der Waals surface area (Å²) in [5, 5.41) is 4.44. The number of esters is 1. The lowest BCUT2D eigenvalue weighted by Crippen LogP contribution is -2.37. The van der Waals surface area contributed by atoms with Crippen LogP contribution in [0, 0.1) is 19.8 Å². The number of rotatable bonds is 3. The molecule has 0 aromatic carbocycles. The second-order valence-corrected chi connectivity index (χ2v) is 6.06.